The van der Waals surface area contributed by atoms with Crippen LogP contribution in [-0.2, 0) is 6.61 Å². The Balaban J connectivity index is 2.40. The van der Waals surface area contributed by atoms with Crippen molar-refractivity contribution in [2.24, 2.45) is 0 Å². The summed E-state index contributed by atoms with van der Waals surface area (Å²) in [4.78, 5) is 12.3. The van der Waals surface area contributed by atoms with Gasteiger partial charge < -0.3 is 5.11 Å². The third kappa shape index (κ3) is 2.29. The van der Waals surface area contributed by atoms with E-state index in [0.29, 0.717) is 22.2 Å². The fraction of sp³-hybridized carbons (Fsp3) is 0.100. The SMILES string of the molecule is OCc1ccnc(-c2ccc(Cl)cn2)n1. The van der Waals surface area contributed by atoms with E-state index in [-0.39, 0.29) is 6.61 Å². The molecule has 0 spiro atoms. The Morgan fingerprint density at radius 3 is 2.73 bits per heavy atom. The molecule has 0 fully saturated rings. The Hall–Kier alpha value is -1.52. The van der Waals surface area contributed by atoms with E-state index in [1.807, 2.05) is 0 Å². The molecule has 2 rings (SSSR count). The number of aliphatic hydroxyl groups excluding tert-OH is 1. The smallest absolute Gasteiger partial charge is 0.178 e. The lowest BCUT2D eigenvalue weighted by Crippen LogP contribution is -1.95. The van der Waals surface area contributed by atoms with Crippen LogP contribution in [0.2, 0.25) is 5.02 Å². The molecule has 0 saturated carbocycles. The normalized spacial score (nSPS) is 10.3. The number of hydrogen-bond acceptors (Lipinski definition) is 4. The molecule has 0 amide bonds. The van der Waals surface area contributed by atoms with Crippen LogP contribution in [0.5, 0.6) is 0 Å². The van der Waals surface area contributed by atoms with Crippen molar-refractivity contribution in [1.29, 1.82) is 0 Å². The summed E-state index contributed by atoms with van der Waals surface area (Å²) in [6.45, 7) is -0.108. The number of halogens is 1. The highest BCUT2D eigenvalue weighted by Gasteiger charge is 2.03. The fourth-order valence-electron chi connectivity index (χ4n) is 1.12. The van der Waals surface area contributed by atoms with Gasteiger partial charge in [0.25, 0.3) is 0 Å². The predicted octanol–water partition coefficient (Wildman–Crippen LogP) is 1.68. The van der Waals surface area contributed by atoms with Crippen molar-refractivity contribution >= 4 is 11.6 Å². The maximum Gasteiger partial charge on any atom is 0.178 e. The lowest BCUT2D eigenvalue weighted by atomic mass is 10.3. The van der Waals surface area contributed by atoms with Crippen molar-refractivity contribution in [1.82, 2.24) is 15.0 Å². The predicted molar refractivity (Wildman–Crippen MR) is 56.2 cm³/mol. The van der Waals surface area contributed by atoms with Gasteiger partial charge in [-0.05, 0) is 18.2 Å². The van der Waals surface area contributed by atoms with E-state index in [1.165, 1.54) is 6.20 Å². The Kier molecular flexibility index (Phi) is 2.89. The molecule has 0 aliphatic heterocycles. The molecule has 0 aromatic carbocycles. The van der Waals surface area contributed by atoms with Gasteiger partial charge in [0.1, 0.15) is 5.69 Å². The minimum atomic E-state index is -0.108. The van der Waals surface area contributed by atoms with Crippen LogP contribution >= 0.6 is 11.6 Å². The van der Waals surface area contributed by atoms with E-state index in [2.05, 4.69) is 15.0 Å². The first kappa shape index (κ1) is 10.0. The van der Waals surface area contributed by atoms with Gasteiger partial charge in [-0.3, -0.25) is 4.98 Å². The molecule has 0 aliphatic carbocycles. The van der Waals surface area contributed by atoms with Crippen LogP contribution in [0.4, 0.5) is 0 Å². The molecule has 1 N–H and O–H groups in total. The summed E-state index contributed by atoms with van der Waals surface area (Å²) >= 11 is 5.71. The Labute approximate surface area is 91.6 Å². The van der Waals surface area contributed by atoms with Crippen LogP contribution < -0.4 is 0 Å². The Morgan fingerprint density at radius 2 is 2.07 bits per heavy atom. The topological polar surface area (TPSA) is 58.9 Å². The lowest BCUT2D eigenvalue weighted by Gasteiger charge is -2.00. The molecule has 2 aromatic heterocycles. The summed E-state index contributed by atoms with van der Waals surface area (Å²) in [5.41, 5.74) is 1.20. The third-order valence-corrected chi connectivity index (χ3v) is 2.06. The second-order valence-corrected chi connectivity index (χ2v) is 3.33. The lowest BCUT2D eigenvalue weighted by molar-refractivity contribution is 0.277. The zero-order valence-corrected chi connectivity index (χ0v) is 8.52. The molecular formula is C10H8ClN3O. The van der Waals surface area contributed by atoms with Crippen molar-refractivity contribution < 1.29 is 5.11 Å². The fourth-order valence-corrected chi connectivity index (χ4v) is 1.23. The molecule has 5 heteroatoms. The summed E-state index contributed by atoms with van der Waals surface area (Å²) in [6.07, 6.45) is 3.12. The molecule has 76 valence electrons. The van der Waals surface area contributed by atoms with Gasteiger partial charge in [-0.2, -0.15) is 0 Å². The van der Waals surface area contributed by atoms with Crippen LogP contribution in [0, 0.1) is 0 Å². The van der Waals surface area contributed by atoms with Gasteiger partial charge in [0.05, 0.1) is 17.3 Å². The van der Waals surface area contributed by atoms with Gasteiger partial charge in [0.15, 0.2) is 5.82 Å². The van der Waals surface area contributed by atoms with Crippen molar-refractivity contribution in [3.05, 3.63) is 41.3 Å². The molecule has 0 atom stereocenters. The zero-order chi connectivity index (χ0) is 10.7. The first-order chi connectivity index (χ1) is 7.29. The number of aromatic nitrogens is 3. The van der Waals surface area contributed by atoms with E-state index in [1.54, 1.807) is 24.4 Å². The molecule has 0 saturated heterocycles. The highest BCUT2D eigenvalue weighted by molar-refractivity contribution is 6.30. The van der Waals surface area contributed by atoms with Gasteiger partial charge in [0.2, 0.25) is 0 Å². The monoisotopic (exact) mass is 221 g/mol. The molecule has 15 heavy (non-hydrogen) atoms. The number of aliphatic hydroxyl groups is 1. The summed E-state index contributed by atoms with van der Waals surface area (Å²) in [7, 11) is 0. The van der Waals surface area contributed by atoms with Crippen LogP contribution in [0.3, 0.4) is 0 Å². The first-order valence-electron chi connectivity index (χ1n) is 4.34. The van der Waals surface area contributed by atoms with Crippen LogP contribution in [0.25, 0.3) is 11.5 Å². The molecular weight excluding hydrogens is 214 g/mol. The average Bonchev–Trinajstić information content (AvgIpc) is 2.30. The van der Waals surface area contributed by atoms with E-state index >= 15 is 0 Å². The molecule has 2 heterocycles. The van der Waals surface area contributed by atoms with Gasteiger partial charge in [0, 0.05) is 12.4 Å². The third-order valence-electron chi connectivity index (χ3n) is 1.83. The molecule has 0 unspecified atom stereocenters. The van der Waals surface area contributed by atoms with Crippen molar-refractivity contribution in [2.75, 3.05) is 0 Å². The number of nitrogens with zero attached hydrogens (tertiary/aromatic N) is 3. The highest BCUT2D eigenvalue weighted by Crippen LogP contribution is 2.14. The Morgan fingerprint density at radius 1 is 1.20 bits per heavy atom. The quantitative estimate of drug-likeness (QED) is 0.838. The van der Waals surface area contributed by atoms with Crippen LogP contribution in [0.15, 0.2) is 30.6 Å². The number of pyridine rings is 1. The molecule has 0 bridgehead atoms. The Bertz CT molecular complexity index is 458. The minimum absolute atomic E-state index is 0.108. The zero-order valence-electron chi connectivity index (χ0n) is 7.76. The van der Waals surface area contributed by atoms with Gasteiger partial charge >= 0.3 is 0 Å². The second-order valence-electron chi connectivity index (χ2n) is 2.89. The van der Waals surface area contributed by atoms with Gasteiger partial charge in [-0.15, -0.1) is 0 Å². The maximum atomic E-state index is 8.92. The second kappa shape index (κ2) is 4.33. The van der Waals surface area contributed by atoms with E-state index < -0.39 is 0 Å². The molecule has 0 radical (unpaired) electrons. The minimum Gasteiger partial charge on any atom is -0.390 e. The number of rotatable bonds is 2. The first-order valence-corrected chi connectivity index (χ1v) is 4.72. The molecule has 0 aliphatic rings. The highest BCUT2D eigenvalue weighted by atomic mass is 35.5. The summed E-state index contributed by atoms with van der Waals surface area (Å²) in [5.74, 6) is 0.484. The number of hydrogen-bond donors (Lipinski definition) is 1. The molecule has 4 nitrogen and oxygen atoms in total. The standard InChI is InChI=1S/C10H8ClN3O/c11-7-1-2-9(13-5-7)10-12-4-3-8(6-15)14-10/h1-5,15H,6H2. The van der Waals surface area contributed by atoms with Crippen molar-refractivity contribution in [3.8, 4) is 11.5 Å². The van der Waals surface area contributed by atoms with E-state index in [0.717, 1.165) is 0 Å². The van der Waals surface area contributed by atoms with Gasteiger partial charge in [-0.1, -0.05) is 11.6 Å². The van der Waals surface area contributed by atoms with Crippen LogP contribution in [-0.4, -0.2) is 20.1 Å². The average molecular weight is 222 g/mol. The van der Waals surface area contributed by atoms with Crippen LogP contribution in [0.1, 0.15) is 5.69 Å². The summed E-state index contributed by atoms with van der Waals surface area (Å²) < 4.78 is 0. The summed E-state index contributed by atoms with van der Waals surface area (Å²) in [5, 5.41) is 9.49. The largest absolute Gasteiger partial charge is 0.390 e. The van der Waals surface area contributed by atoms with Crippen molar-refractivity contribution in [2.45, 2.75) is 6.61 Å². The van der Waals surface area contributed by atoms with Gasteiger partial charge in [-0.25, -0.2) is 9.97 Å². The molecule has 2 aromatic rings. The van der Waals surface area contributed by atoms with E-state index in [4.69, 9.17) is 16.7 Å². The summed E-state index contributed by atoms with van der Waals surface area (Å²) in [6, 6.07) is 5.11. The maximum absolute atomic E-state index is 8.92. The van der Waals surface area contributed by atoms with Crippen molar-refractivity contribution in [3.63, 3.8) is 0 Å². The van der Waals surface area contributed by atoms with E-state index in [9.17, 15) is 0 Å².